The Labute approximate surface area is 125 Å². The molecule has 0 aliphatic carbocycles. The van der Waals surface area contributed by atoms with Crippen LogP contribution in [-0.4, -0.2) is 18.7 Å². The summed E-state index contributed by atoms with van der Waals surface area (Å²) in [6, 6.07) is 5.67. The van der Waals surface area contributed by atoms with Crippen LogP contribution in [0.5, 0.6) is 0 Å². The highest BCUT2D eigenvalue weighted by Crippen LogP contribution is 2.16. The molecule has 21 heavy (non-hydrogen) atoms. The van der Waals surface area contributed by atoms with Crippen molar-refractivity contribution in [2.24, 2.45) is 5.11 Å². The Morgan fingerprint density at radius 3 is 2.62 bits per heavy atom. The molecule has 1 aromatic carbocycles. The molecule has 0 fully saturated rings. The third-order valence-corrected chi connectivity index (χ3v) is 2.93. The average molecular weight is 290 g/mol. The summed E-state index contributed by atoms with van der Waals surface area (Å²) in [4.78, 5) is 25.2. The second-order valence-corrected chi connectivity index (χ2v) is 4.54. The summed E-state index contributed by atoms with van der Waals surface area (Å²) in [5, 5.41) is 6.12. The van der Waals surface area contributed by atoms with Crippen molar-refractivity contribution < 1.29 is 9.59 Å². The Kier molecular flexibility index (Phi) is 8.49. The summed E-state index contributed by atoms with van der Waals surface area (Å²) in [5.41, 5.74) is 11.1. The summed E-state index contributed by atoms with van der Waals surface area (Å²) < 4.78 is 0. The van der Waals surface area contributed by atoms with E-state index in [0.29, 0.717) is 19.3 Å². The fourth-order valence-electron chi connectivity index (χ4n) is 1.91. The minimum atomic E-state index is -0.0191. The van der Waals surface area contributed by atoms with Gasteiger partial charge in [-0.15, -0.1) is 0 Å². The summed E-state index contributed by atoms with van der Waals surface area (Å²) in [7, 11) is 1.60. The maximum Gasteiger partial charge on any atom is 0.220 e. The lowest BCUT2D eigenvalue weighted by Gasteiger charge is -2.09. The Bertz CT molecular complexity index is 549. The molecule has 0 heterocycles. The number of Topliss-reactive ketones (excluding diaryl/α,β-unsaturated/α-hetero) is 1. The quantitative estimate of drug-likeness (QED) is 0.474. The van der Waals surface area contributed by atoms with Crippen molar-refractivity contribution in [1.82, 2.24) is 5.32 Å². The molecule has 114 valence electrons. The van der Waals surface area contributed by atoms with Crippen molar-refractivity contribution in [1.29, 1.82) is 0 Å². The molecule has 6 heteroatoms. The summed E-state index contributed by atoms with van der Waals surface area (Å²) in [6.45, 7) is 1.74. The smallest absolute Gasteiger partial charge is 0.220 e. The van der Waals surface area contributed by atoms with E-state index >= 15 is 0 Å². The number of azide groups is 1. The van der Waals surface area contributed by atoms with E-state index in [0.717, 1.165) is 16.7 Å². The summed E-state index contributed by atoms with van der Waals surface area (Å²) in [5.74, 6) is 0.0414. The van der Waals surface area contributed by atoms with Gasteiger partial charge in [-0.3, -0.25) is 9.59 Å². The van der Waals surface area contributed by atoms with Gasteiger partial charge in [0, 0.05) is 24.8 Å². The predicted octanol–water partition coefficient (Wildman–Crippen LogP) is 2.94. The van der Waals surface area contributed by atoms with Gasteiger partial charge in [-0.2, -0.15) is 0 Å². The topological polar surface area (TPSA) is 94.9 Å². The minimum absolute atomic E-state index is 0. The van der Waals surface area contributed by atoms with Gasteiger partial charge in [-0.05, 0) is 35.6 Å². The zero-order chi connectivity index (χ0) is 15.0. The van der Waals surface area contributed by atoms with Gasteiger partial charge in [0.2, 0.25) is 5.91 Å². The number of amides is 1. The molecular formula is C15H22N4O2. The summed E-state index contributed by atoms with van der Waals surface area (Å²) >= 11 is 0. The highest BCUT2D eigenvalue weighted by atomic mass is 16.1. The Balaban J connectivity index is 0.00000400. The first-order valence-electron chi connectivity index (χ1n) is 6.38. The maximum atomic E-state index is 11.2. The molecule has 0 aromatic heterocycles. The van der Waals surface area contributed by atoms with Gasteiger partial charge < -0.3 is 5.32 Å². The van der Waals surface area contributed by atoms with Crippen LogP contribution in [0.3, 0.4) is 0 Å². The van der Waals surface area contributed by atoms with E-state index in [4.69, 9.17) is 5.53 Å². The monoisotopic (exact) mass is 290 g/mol. The van der Waals surface area contributed by atoms with Crippen LogP contribution >= 0.6 is 0 Å². The Morgan fingerprint density at radius 2 is 2.05 bits per heavy atom. The number of carbonyl (C=O) groups excluding carboxylic acids is 2. The molecule has 0 unspecified atom stereocenters. The van der Waals surface area contributed by atoms with Crippen LogP contribution in [0.4, 0.5) is 0 Å². The van der Waals surface area contributed by atoms with Gasteiger partial charge in [0.25, 0.3) is 0 Å². The van der Waals surface area contributed by atoms with E-state index in [9.17, 15) is 9.59 Å². The number of hydrogen-bond acceptors (Lipinski definition) is 3. The van der Waals surface area contributed by atoms with Crippen LogP contribution in [0.25, 0.3) is 10.4 Å². The third kappa shape index (κ3) is 6.58. The molecule has 0 saturated carbocycles. The molecule has 0 aliphatic heterocycles. The van der Waals surface area contributed by atoms with Crippen LogP contribution in [0, 0.1) is 0 Å². The van der Waals surface area contributed by atoms with Gasteiger partial charge in [0.05, 0.1) is 6.54 Å². The number of nitrogens with one attached hydrogen (secondary N) is 1. The molecular weight excluding hydrogens is 268 g/mol. The van der Waals surface area contributed by atoms with Gasteiger partial charge in [-0.25, -0.2) is 0 Å². The number of hydrogen-bond donors (Lipinski definition) is 1. The largest absolute Gasteiger partial charge is 0.359 e. The lowest BCUT2D eigenvalue weighted by atomic mass is 9.98. The van der Waals surface area contributed by atoms with Crippen LogP contribution in [0.15, 0.2) is 23.3 Å². The van der Waals surface area contributed by atoms with Crippen molar-refractivity contribution in [2.45, 2.75) is 40.2 Å². The van der Waals surface area contributed by atoms with Crippen molar-refractivity contribution in [2.75, 3.05) is 7.05 Å². The molecule has 0 bridgehead atoms. The lowest BCUT2D eigenvalue weighted by molar-refractivity contribution is -0.120. The van der Waals surface area contributed by atoms with Crippen molar-refractivity contribution >= 4 is 11.7 Å². The van der Waals surface area contributed by atoms with E-state index in [1.807, 2.05) is 18.2 Å². The average Bonchev–Trinajstić information content (AvgIpc) is 2.43. The van der Waals surface area contributed by atoms with E-state index < -0.39 is 0 Å². The van der Waals surface area contributed by atoms with E-state index in [2.05, 4.69) is 15.3 Å². The van der Waals surface area contributed by atoms with Gasteiger partial charge in [0.15, 0.2) is 0 Å². The molecule has 1 amide bonds. The second-order valence-electron chi connectivity index (χ2n) is 4.54. The molecule has 1 N–H and O–H groups in total. The number of ketones is 1. The molecule has 1 aromatic rings. The second kappa shape index (κ2) is 9.55. The fourth-order valence-corrected chi connectivity index (χ4v) is 1.91. The Morgan fingerprint density at radius 1 is 1.33 bits per heavy atom. The van der Waals surface area contributed by atoms with Crippen molar-refractivity contribution in [3.63, 3.8) is 0 Å². The summed E-state index contributed by atoms with van der Waals surface area (Å²) in [6.07, 6.45) is 1.35. The lowest BCUT2D eigenvalue weighted by Crippen LogP contribution is -2.18. The van der Waals surface area contributed by atoms with Gasteiger partial charge >= 0.3 is 0 Å². The first kappa shape index (κ1) is 18.7. The third-order valence-electron chi connectivity index (χ3n) is 2.93. The number of aryl methyl sites for hydroxylation is 1. The number of carbonyl (C=O) groups is 2. The molecule has 1 rings (SSSR count). The SMILES string of the molecule is C.CNC(=O)CCc1ccc(CC(C)=O)c(CN=[N+]=[N-])c1. The highest BCUT2D eigenvalue weighted by Gasteiger charge is 2.07. The van der Waals surface area contributed by atoms with Crippen LogP contribution in [0.2, 0.25) is 0 Å². The van der Waals surface area contributed by atoms with Crippen molar-refractivity contribution in [3.8, 4) is 0 Å². The van der Waals surface area contributed by atoms with Gasteiger partial charge in [0.1, 0.15) is 5.78 Å². The first-order chi connectivity index (χ1) is 9.56. The van der Waals surface area contributed by atoms with Crippen LogP contribution in [-0.2, 0) is 29.0 Å². The standard InChI is InChI=1S/C14H18N4O2.CH4/c1-10(19)7-12-5-3-11(4-6-14(20)16-2)8-13(12)9-17-18-15;/h3,5,8H,4,6-7,9H2,1-2H3,(H,16,20);1H4. The minimum Gasteiger partial charge on any atom is -0.359 e. The fraction of sp³-hybridized carbons (Fsp3) is 0.467. The molecule has 0 spiro atoms. The molecule has 0 atom stereocenters. The number of benzene rings is 1. The molecule has 0 aliphatic rings. The zero-order valence-corrected chi connectivity index (χ0v) is 11.7. The zero-order valence-electron chi connectivity index (χ0n) is 11.7. The Hall–Kier alpha value is -2.33. The van der Waals surface area contributed by atoms with Gasteiger partial charge in [-0.1, -0.05) is 30.7 Å². The molecule has 0 saturated heterocycles. The van der Waals surface area contributed by atoms with Crippen molar-refractivity contribution in [3.05, 3.63) is 45.3 Å². The predicted molar refractivity (Wildman–Crippen MR) is 82.8 cm³/mol. The number of rotatable bonds is 7. The normalized spacial score (nSPS) is 9.24. The van der Waals surface area contributed by atoms with E-state index in [1.54, 1.807) is 7.05 Å². The van der Waals surface area contributed by atoms with Crippen LogP contribution < -0.4 is 5.32 Å². The molecule has 0 radical (unpaired) electrons. The highest BCUT2D eigenvalue weighted by molar-refractivity contribution is 5.78. The molecule has 6 nitrogen and oxygen atoms in total. The van der Waals surface area contributed by atoms with E-state index in [1.165, 1.54) is 6.92 Å². The maximum absolute atomic E-state index is 11.2. The number of nitrogens with zero attached hydrogens (tertiary/aromatic N) is 3. The first-order valence-corrected chi connectivity index (χ1v) is 6.38. The van der Waals surface area contributed by atoms with Crippen LogP contribution in [0.1, 0.15) is 37.5 Å². The van der Waals surface area contributed by atoms with E-state index in [-0.39, 0.29) is 25.7 Å².